The number of carbonyl (C=O) groups is 2. The number of ether oxygens (including phenoxy) is 1. The fourth-order valence-corrected chi connectivity index (χ4v) is 4.62. The maximum absolute atomic E-state index is 13.1. The Kier molecular flexibility index (Phi) is 7.94. The Morgan fingerprint density at radius 3 is 2.40 bits per heavy atom. The van der Waals surface area contributed by atoms with E-state index in [1.165, 1.54) is 28.6 Å². The molecule has 0 aliphatic carbocycles. The average molecular weight is 457 g/mol. The van der Waals surface area contributed by atoms with Crippen LogP contribution < -0.4 is 5.32 Å². The highest BCUT2D eigenvalue weighted by atomic mass is 35.5. The first-order valence-electron chi connectivity index (χ1n) is 9.13. The Morgan fingerprint density at radius 2 is 1.80 bits per heavy atom. The van der Waals surface area contributed by atoms with Crippen LogP contribution >= 0.6 is 11.6 Å². The summed E-state index contributed by atoms with van der Waals surface area (Å²) in [6.45, 7) is 5.03. The average Bonchev–Trinajstić information content (AvgIpc) is 2.69. The third-order valence-corrected chi connectivity index (χ3v) is 6.79. The zero-order valence-electron chi connectivity index (χ0n) is 16.7. The second-order valence-corrected chi connectivity index (χ2v) is 8.63. The summed E-state index contributed by atoms with van der Waals surface area (Å²) in [6.07, 6.45) is 0. The van der Waals surface area contributed by atoms with Gasteiger partial charge in [0.1, 0.15) is 5.82 Å². The van der Waals surface area contributed by atoms with Gasteiger partial charge in [0.25, 0.3) is 5.91 Å². The lowest BCUT2D eigenvalue weighted by molar-refractivity contribution is -0.119. The van der Waals surface area contributed by atoms with E-state index in [0.717, 1.165) is 12.1 Å². The molecule has 0 aliphatic heterocycles. The Balaban J connectivity index is 2.11. The van der Waals surface area contributed by atoms with Crippen LogP contribution in [0.5, 0.6) is 0 Å². The Bertz CT molecular complexity index is 1060. The third kappa shape index (κ3) is 5.56. The molecule has 2 aromatic carbocycles. The highest BCUT2D eigenvalue weighted by molar-refractivity contribution is 7.89. The van der Waals surface area contributed by atoms with Crippen LogP contribution in [-0.2, 0) is 19.6 Å². The van der Waals surface area contributed by atoms with Crippen molar-refractivity contribution in [2.75, 3.05) is 25.0 Å². The summed E-state index contributed by atoms with van der Waals surface area (Å²) in [5.41, 5.74) is 0.656. The lowest BCUT2D eigenvalue weighted by Gasteiger charge is -2.20. The van der Waals surface area contributed by atoms with Gasteiger partial charge in [0.15, 0.2) is 6.61 Å². The zero-order chi connectivity index (χ0) is 22.5. The number of aryl methyl sites for hydroxylation is 1. The number of esters is 1. The molecular formula is C20H22ClFN2O5S. The van der Waals surface area contributed by atoms with Crippen molar-refractivity contribution >= 4 is 39.2 Å². The fourth-order valence-electron chi connectivity index (χ4n) is 2.70. The van der Waals surface area contributed by atoms with Gasteiger partial charge < -0.3 is 10.1 Å². The molecule has 0 heterocycles. The minimum Gasteiger partial charge on any atom is -0.452 e. The van der Waals surface area contributed by atoms with E-state index in [4.69, 9.17) is 16.3 Å². The van der Waals surface area contributed by atoms with Gasteiger partial charge in [-0.2, -0.15) is 4.31 Å². The van der Waals surface area contributed by atoms with Gasteiger partial charge in [-0.15, -0.1) is 0 Å². The van der Waals surface area contributed by atoms with Crippen molar-refractivity contribution in [3.8, 4) is 0 Å². The molecule has 0 saturated carbocycles. The highest BCUT2D eigenvalue weighted by Gasteiger charge is 2.25. The first-order chi connectivity index (χ1) is 14.1. The van der Waals surface area contributed by atoms with E-state index in [2.05, 4.69) is 5.32 Å². The van der Waals surface area contributed by atoms with Crippen LogP contribution in [0.1, 0.15) is 29.8 Å². The van der Waals surface area contributed by atoms with E-state index < -0.39 is 34.3 Å². The van der Waals surface area contributed by atoms with Gasteiger partial charge in [0.05, 0.1) is 21.2 Å². The first kappa shape index (κ1) is 23.8. The van der Waals surface area contributed by atoms with Crippen LogP contribution in [-0.4, -0.2) is 44.3 Å². The van der Waals surface area contributed by atoms with Gasteiger partial charge in [-0.1, -0.05) is 31.5 Å². The molecule has 0 atom stereocenters. The molecule has 0 radical (unpaired) electrons. The predicted octanol–water partition coefficient (Wildman–Crippen LogP) is 3.61. The molecule has 0 aromatic heterocycles. The van der Waals surface area contributed by atoms with Crippen LogP contribution in [0.3, 0.4) is 0 Å². The summed E-state index contributed by atoms with van der Waals surface area (Å²) in [6, 6.07) is 7.60. The van der Waals surface area contributed by atoms with Gasteiger partial charge >= 0.3 is 5.97 Å². The van der Waals surface area contributed by atoms with Gasteiger partial charge in [-0.25, -0.2) is 17.6 Å². The normalized spacial score (nSPS) is 11.4. The van der Waals surface area contributed by atoms with Crippen LogP contribution in [0.15, 0.2) is 41.3 Å². The molecule has 0 fully saturated rings. The van der Waals surface area contributed by atoms with Crippen molar-refractivity contribution in [3.05, 3.63) is 58.4 Å². The third-order valence-electron chi connectivity index (χ3n) is 4.29. The monoisotopic (exact) mass is 456 g/mol. The molecule has 0 spiro atoms. The lowest BCUT2D eigenvalue weighted by Crippen LogP contribution is -2.31. The second-order valence-electron chi connectivity index (χ2n) is 6.32. The Morgan fingerprint density at radius 1 is 1.13 bits per heavy atom. The molecular weight excluding hydrogens is 435 g/mol. The first-order valence-corrected chi connectivity index (χ1v) is 10.9. The molecule has 0 bridgehead atoms. The molecule has 2 rings (SSSR count). The van der Waals surface area contributed by atoms with Crippen molar-refractivity contribution in [1.82, 2.24) is 4.31 Å². The van der Waals surface area contributed by atoms with Crippen LogP contribution in [0.25, 0.3) is 0 Å². The number of sulfonamides is 1. The van der Waals surface area contributed by atoms with E-state index >= 15 is 0 Å². The summed E-state index contributed by atoms with van der Waals surface area (Å²) in [5.74, 6) is -2.09. The lowest BCUT2D eigenvalue weighted by atomic mass is 10.1. The van der Waals surface area contributed by atoms with Crippen molar-refractivity contribution in [1.29, 1.82) is 0 Å². The van der Waals surface area contributed by atoms with E-state index in [1.54, 1.807) is 20.8 Å². The number of halogens is 2. The van der Waals surface area contributed by atoms with Crippen molar-refractivity contribution in [2.24, 2.45) is 0 Å². The molecule has 0 saturated heterocycles. The maximum atomic E-state index is 13.1. The quantitative estimate of drug-likeness (QED) is 0.612. The maximum Gasteiger partial charge on any atom is 0.338 e. The summed E-state index contributed by atoms with van der Waals surface area (Å²) < 4.78 is 44.9. The van der Waals surface area contributed by atoms with E-state index in [1.807, 2.05) is 0 Å². The van der Waals surface area contributed by atoms with E-state index in [-0.39, 0.29) is 21.2 Å². The fraction of sp³-hybridized carbons (Fsp3) is 0.300. The van der Waals surface area contributed by atoms with Gasteiger partial charge in [-0.05, 0) is 42.8 Å². The molecule has 0 unspecified atom stereocenters. The minimum absolute atomic E-state index is 0.000498. The number of rotatable bonds is 8. The smallest absolute Gasteiger partial charge is 0.338 e. The SMILES string of the molecule is CCN(CC)S(=O)(=O)c1cc(C(=O)OCC(=O)Nc2ccc(F)cc2Cl)ccc1C. The van der Waals surface area contributed by atoms with Crippen molar-refractivity contribution in [2.45, 2.75) is 25.7 Å². The summed E-state index contributed by atoms with van der Waals surface area (Å²) >= 11 is 5.83. The highest BCUT2D eigenvalue weighted by Crippen LogP contribution is 2.23. The molecule has 162 valence electrons. The Hall–Kier alpha value is -2.49. The zero-order valence-corrected chi connectivity index (χ0v) is 18.3. The number of carbonyl (C=O) groups excluding carboxylic acids is 2. The molecule has 2 aromatic rings. The second kappa shape index (κ2) is 10.0. The summed E-state index contributed by atoms with van der Waals surface area (Å²) in [4.78, 5) is 24.3. The number of hydrogen-bond acceptors (Lipinski definition) is 5. The molecule has 0 aliphatic rings. The standard InChI is InChI=1S/C20H22ClFN2O5S/c1-4-24(5-2)30(27,28)18-10-14(7-6-13(18)3)20(26)29-12-19(25)23-17-9-8-15(22)11-16(17)21/h6-11H,4-5,12H2,1-3H3,(H,23,25). The molecule has 7 nitrogen and oxygen atoms in total. The Labute approximate surface area is 179 Å². The molecule has 10 heteroatoms. The molecule has 30 heavy (non-hydrogen) atoms. The number of nitrogens with zero attached hydrogens (tertiary/aromatic N) is 1. The minimum atomic E-state index is -3.77. The number of nitrogens with one attached hydrogen (secondary N) is 1. The van der Waals surface area contributed by atoms with Crippen LogP contribution in [0, 0.1) is 12.7 Å². The largest absolute Gasteiger partial charge is 0.452 e. The predicted molar refractivity (Wildman–Crippen MR) is 112 cm³/mol. The number of benzene rings is 2. The number of amides is 1. The number of hydrogen-bond donors (Lipinski definition) is 1. The van der Waals surface area contributed by atoms with Gasteiger partial charge in [-0.3, -0.25) is 4.79 Å². The van der Waals surface area contributed by atoms with Crippen molar-refractivity contribution in [3.63, 3.8) is 0 Å². The molecule has 1 amide bonds. The van der Waals surface area contributed by atoms with Crippen molar-refractivity contribution < 1.29 is 27.1 Å². The van der Waals surface area contributed by atoms with Gasteiger partial charge in [0, 0.05) is 13.1 Å². The number of anilines is 1. The van der Waals surface area contributed by atoms with Gasteiger partial charge in [0.2, 0.25) is 10.0 Å². The van der Waals surface area contributed by atoms with E-state index in [9.17, 15) is 22.4 Å². The summed E-state index contributed by atoms with van der Waals surface area (Å²) in [7, 11) is -3.77. The molecule has 1 N–H and O–H groups in total. The van der Waals surface area contributed by atoms with E-state index in [0.29, 0.717) is 18.7 Å². The van der Waals surface area contributed by atoms with Crippen LogP contribution in [0.2, 0.25) is 5.02 Å². The summed E-state index contributed by atoms with van der Waals surface area (Å²) in [5, 5.41) is 2.40. The van der Waals surface area contributed by atoms with Crippen LogP contribution in [0.4, 0.5) is 10.1 Å². The topological polar surface area (TPSA) is 92.8 Å².